The average Bonchev–Trinajstić information content (AvgIpc) is 3.51. The fourth-order valence-corrected chi connectivity index (χ4v) is 6.90. The van der Waals surface area contributed by atoms with E-state index in [2.05, 4.69) is 25.7 Å². The smallest absolute Gasteiger partial charge is 0.326 e. The summed E-state index contributed by atoms with van der Waals surface area (Å²) in [6.07, 6.45) is 0. The second kappa shape index (κ2) is 16.9. The van der Waals surface area contributed by atoms with Gasteiger partial charge in [0.05, 0.1) is 31.4 Å². The number of ether oxygens (including phenoxy) is 2. The number of halogens is 4. The number of urea groups is 1. The molecule has 13 heteroatoms. The summed E-state index contributed by atoms with van der Waals surface area (Å²) in [5, 5.41) is 1.17. The Morgan fingerprint density at radius 3 is 2.06 bits per heavy atom. The van der Waals surface area contributed by atoms with Crippen molar-refractivity contribution < 1.29 is 23.5 Å². The highest BCUT2D eigenvalue weighted by molar-refractivity contribution is 6.30. The number of carbonyl (C=O) groups excluding carboxylic acids is 2. The molecule has 0 bridgehead atoms. The molecule has 3 aliphatic rings. The minimum Gasteiger partial charge on any atom is -0.490 e. The first-order chi connectivity index (χ1) is 24.0. The number of morpholine rings is 1. The maximum absolute atomic E-state index is 14.9. The van der Waals surface area contributed by atoms with Crippen LogP contribution in [0.15, 0.2) is 71.7 Å². The minimum absolute atomic E-state index is 0. The minimum atomic E-state index is -0.659. The molecule has 6 rings (SSSR count). The van der Waals surface area contributed by atoms with Crippen LogP contribution in [-0.4, -0.2) is 110 Å². The van der Waals surface area contributed by atoms with Crippen molar-refractivity contribution in [3.05, 3.63) is 99.0 Å². The maximum Gasteiger partial charge on any atom is 0.326 e. The average molecular weight is 761 g/mol. The van der Waals surface area contributed by atoms with Crippen LogP contribution in [0.4, 0.5) is 9.18 Å². The molecule has 3 aromatic rings. The van der Waals surface area contributed by atoms with E-state index in [1.165, 1.54) is 0 Å². The number of rotatable bonds is 8. The van der Waals surface area contributed by atoms with E-state index in [0.717, 1.165) is 16.7 Å². The first kappa shape index (κ1) is 38.8. The van der Waals surface area contributed by atoms with Crippen LogP contribution in [0.3, 0.4) is 0 Å². The van der Waals surface area contributed by atoms with E-state index in [0.29, 0.717) is 86.2 Å². The lowest BCUT2D eigenvalue weighted by Crippen LogP contribution is -2.56. The predicted octanol–water partition coefficient (Wildman–Crippen LogP) is 7.20. The molecular weight excluding hydrogens is 716 g/mol. The van der Waals surface area contributed by atoms with Gasteiger partial charge in [-0.2, -0.15) is 0 Å². The van der Waals surface area contributed by atoms with Gasteiger partial charge in [0, 0.05) is 49.3 Å². The summed E-state index contributed by atoms with van der Waals surface area (Å²) < 4.78 is 25.0. The molecule has 0 spiro atoms. The van der Waals surface area contributed by atoms with E-state index in [9.17, 15) is 14.0 Å². The molecule has 2 saturated heterocycles. The molecule has 274 valence electrons. The Labute approximate surface area is 315 Å². The number of hydrogen-bond donors (Lipinski definition) is 0. The second-order valence-corrected chi connectivity index (χ2v) is 14.7. The number of amides is 3. The number of amidine groups is 1. The van der Waals surface area contributed by atoms with Gasteiger partial charge in [-0.15, -0.1) is 12.4 Å². The molecule has 0 radical (unpaired) electrons. The molecule has 0 aliphatic carbocycles. The molecule has 2 atom stereocenters. The largest absolute Gasteiger partial charge is 0.490 e. The quantitative estimate of drug-likeness (QED) is 0.243. The van der Waals surface area contributed by atoms with Crippen LogP contribution >= 0.6 is 35.6 Å². The number of benzene rings is 3. The standard InChI is InChI=1S/C38H44Cl2FN5O4.ClH/c1-38(2,3)28-8-13-31(32(24-28)50-21-14-41)36-42-34(26-4-9-29(39)10-5-26)35(27-6-11-30(40)12-7-27)46(36)37(48)45-17-15-43(16-18-45)25-33(47)44-19-22-49-23-20-44;/h4-13,24,34-35H,14-23,25H2,1-3H3;1H/t34-,35+;/m0./s1. The fraction of sp³-hybridized carbons (Fsp3) is 0.447. The van der Waals surface area contributed by atoms with Crippen molar-refractivity contribution in [3.8, 4) is 5.75 Å². The number of carbonyl (C=O) groups is 2. The zero-order chi connectivity index (χ0) is 35.4. The van der Waals surface area contributed by atoms with Gasteiger partial charge in [0.1, 0.15) is 30.9 Å². The summed E-state index contributed by atoms with van der Waals surface area (Å²) in [5.41, 5.74) is 3.16. The number of aliphatic imine (C=N–C) groups is 1. The number of alkyl halides is 1. The van der Waals surface area contributed by atoms with Gasteiger partial charge in [-0.05, 0) is 58.5 Å². The van der Waals surface area contributed by atoms with Crippen LogP contribution < -0.4 is 4.74 Å². The van der Waals surface area contributed by atoms with E-state index in [1.807, 2.05) is 76.5 Å². The van der Waals surface area contributed by atoms with Crippen LogP contribution in [0.25, 0.3) is 0 Å². The van der Waals surface area contributed by atoms with Crippen molar-refractivity contribution in [1.82, 2.24) is 19.6 Å². The molecule has 3 heterocycles. The monoisotopic (exact) mass is 759 g/mol. The van der Waals surface area contributed by atoms with Crippen molar-refractivity contribution in [2.24, 2.45) is 4.99 Å². The number of piperazine rings is 1. The summed E-state index contributed by atoms with van der Waals surface area (Å²) >= 11 is 12.6. The maximum atomic E-state index is 14.9. The SMILES string of the molecule is CC(C)(C)c1ccc(C2=N[C@@H](c3ccc(Cl)cc3)[C@@H](c3ccc(Cl)cc3)N2C(=O)N2CCN(CC(=O)N3CCOCC3)CC2)c(OCCF)c1.Cl. The van der Waals surface area contributed by atoms with Gasteiger partial charge in [0.25, 0.3) is 0 Å². The third-order valence-electron chi connectivity index (χ3n) is 9.48. The van der Waals surface area contributed by atoms with Crippen molar-refractivity contribution >= 4 is 53.4 Å². The van der Waals surface area contributed by atoms with Gasteiger partial charge in [0.15, 0.2) is 0 Å². The van der Waals surface area contributed by atoms with E-state index < -0.39 is 18.8 Å². The van der Waals surface area contributed by atoms with Crippen LogP contribution in [0.1, 0.15) is 55.1 Å². The molecule has 51 heavy (non-hydrogen) atoms. The van der Waals surface area contributed by atoms with Crippen LogP contribution in [0.2, 0.25) is 10.0 Å². The Kier molecular flexibility index (Phi) is 12.9. The molecule has 0 aromatic heterocycles. The lowest BCUT2D eigenvalue weighted by Gasteiger charge is -2.39. The summed E-state index contributed by atoms with van der Waals surface area (Å²) in [6.45, 7) is 10.1. The molecule has 9 nitrogen and oxygen atoms in total. The molecule has 0 saturated carbocycles. The fourth-order valence-electron chi connectivity index (χ4n) is 6.65. The van der Waals surface area contributed by atoms with Crippen LogP contribution in [-0.2, 0) is 14.9 Å². The van der Waals surface area contributed by atoms with Crippen LogP contribution in [0, 0.1) is 0 Å². The predicted molar refractivity (Wildman–Crippen MR) is 201 cm³/mol. The van der Waals surface area contributed by atoms with Gasteiger partial charge in [-0.25, -0.2) is 9.18 Å². The Morgan fingerprint density at radius 1 is 0.863 bits per heavy atom. The highest BCUT2D eigenvalue weighted by Gasteiger charge is 2.45. The number of nitrogens with zero attached hydrogens (tertiary/aromatic N) is 5. The molecule has 3 amide bonds. The molecular formula is C38H45Cl3FN5O4. The Bertz CT molecular complexity index is 1690. The highest BCUT2D eigenvalue weighted by atomic mass is 35.5. The molecule has 0 N–H and O–H groups in total. The van der Waals surface area contributed by atoms with Crippen molar-refractivity contribution in [3.63, 3.8) is 0 Å². The normalized spacial score (nSPS) is 19.8. The Morgan fingerprint density at radius 2 is 1.47 bits per heavy atom. The summed E-state index contributed by atoms with van der Waals surface area (Å²) in [6, 6.07) is 19.6. The summed E-state index contributed by atoms with van der Waals surface area (Å²) in [4.78, 5) is 40.7. The van der Waals surface area contributed by atoms with Crippen molar-refractivity contribution in [1.29, 1.82) is 0 Å². The van der Waals surface area contributed by atoms with E-state index in [4.69, 9.17) is 37.7 Å². The van der Waals surface area contributed by atoms with Gasteiger partial charge in [-0.3, -0.25) is 19.6 Å². The molecule has 2 fully saturated rings. The third kappa shape index (κ3) is 8.98. The zero-order valence-corrected chi connectivity index (χ0v) is 31.5. The van der Waals surface area contributed by atoms with Crippen molar-refractivity contribution in [2.45, 2.75) is 38.3 Å². The van der Waals surface area contributed by atoms with Crippen molar-refractivity contribution in [2.75, 3.05) is 72.3 Å². The number of hydrogen-bond acceptors (Lipinski definition) is 6. The zero-order valence-electron chi connectivity index (χ0n) is 29.2. The lowest BCUT2D eigenvalue weighted by molar-refractivity contribution is -0.136. The molecule has 3 aromatic carbocycles. The highest BCUT2D eigenvalue weighted by Crippen LogP contribution is 2.46. The van der Waals surface area contributed by atoms with E-state index in [-0.39, 0.29) is 36.4 Å². The molecule has 0 unspecified atom stereocenters. The van der Waals surface area contributed by atoms with Gasteiger partial charge < -0.3 is 19.3 Å². The van der Waals surface area contributed by atoms with E-state index in [1.54, 1.807) is 4.90 Å². The molecule has 3 aliphatic heterocycles. The van der Waals surface area contributed by atoms with Gasteiger partial charge in [0.2, 0.25) is 5.91 Å². The van der Waals surface area contributed by atoms with Gasteiger partial charge in [-0.1, -0.05) is 74.3 Å². The van der Waals surface area contributed by atoms with Gasteiger partial charge >= 0.3 is 6.03 Å². The lowest BCUT2D eigenvalue weighted by atomic mass is 9.86. The summed E-state index contributed by atoms with van der Waals surface area (Å²) in [7, 11) is 0. The first-order valence-corrected chi connectivity index (χ1v) is 17.9. The first-order valence-electron chi connectivity index (χ1n) is 17.1. The second-order valence-electron chi connectivity index (χ2n) is 13.9. The van der Waals surface area contributed by atoms with Crippen LogP contribution in [0.5, 0.6) is 5.75 Å². The Balaban J connectivity index is 0.00000504. The van der Waals surface area contributed by atoms with E-state index >= 15 is 0 Å². The topological polar surface area (TPSA) is 77.9 Å². The summed E-state index contributed by atoms with van der Waals surface area (Å²) in [5.74, 6) is 0.981. The Hall–Kier alpha value is -3.41. The third-order valence-corrected chi connectivity index (χ3v) is 9.99.